The van der Waals surface area contributed by atoms with E-state index in [0.717, 1.165) is 28.9 Å². The van der Waals surface area contributed by atoms with E-state index in [9.17, 15) is 0 Å². The summed E-state index contributed by atoms with van der Waals surface area (Å²) in [6.45, 7) is 1.45. The molecule has 1 aliphatic heterocycles. The molecule has 0 atom stereocenters. The molecule has 0 radical (unpaired) electrons. The van der Waals surface area contributed by atoms with Gasteiger partial charge in [-0.1, -0.05) is 51.3 Å². The van der Waals surface area contributed by atoms with Crippen molar-refractivity contribution in [3.63, 3.8) is 0 Å². The number of anilines is 1. The van der Waals surface area contributed by atoms with E-state index >= 15 is 0 Å². The Labute approximate surface area is 136 Å². The molecule has 0 aromatic heterocycles. The molecule has 0 saturated carbocycles. The van der Waals surface area contributed by atoms with E-state index in [1.165, 1.54) is 11.1 Å². The third kappa shape index (κ3) is 2.90. The molecule has 1 N–H and O–H groups in total. The van der Waals surface area contributed by atoms with Gasteiger partial charge in [-0.05, 0) is 29.3 Å². The van der Waals surface area contributed by atoms with Crippen molar-refractivity contribution in [1.82, 2.24) is 0 Å². The largest absolute Gasteiger partial charge is 0.493 e. The van der Waals surface area contributed by atoms with Gasteiger partial charge in [-0.2, -0.15) is 0 Å². The van der Waals surface area contributed by atoms with E-state index in [4.69, 9.17) is 27.9 Å². The zero-order valence-corrected chi connectivity index (χ0v) is 13.6. The first-order chi connectivity index (χ1) is 9.63. The van der Waals surface area contributed by atoms with Crippen molar-refractivity contribution < 1.29 is 4.74 Å². The van der Waals surface area contributed by atoms with Crippen LogP contribution in [0.15, 0.2) is 34.8 Å². The van der Waals surface area contributed by atoms with Crippen LogP contribution in [-0.4, -0.2) is 6.61 Å². The van der Waals surface area contributed by atoms with Crippen molar-refractivity contribution in [2.24, 2.45) is 0 Å². The molecule has 3 rings (SSSR count). The summed E-state index contributed by atoms with van der Waals surface area (Å²) in [5.74, 6) is 0.994. The van der Waals surface area contributed by atoms with Crippen LogP contribution in [0.5, 0.6) is 5.75 Å². The Bertz CT molecular complexity index is 637. The Morgan fingerprint density at radius 3 is 2.65 bits per heavy atom. The molecule has 20 heavy (non-hydrogen) atoms. The van der Waals surface area contributed by atoms with Crippen LogP contribution in [0.1, 0.15) is 11.1 Å². The maximum Gasteiger partial charge on any atom is 0.122 e. The maximum absolute atomic E-state index is 6.20. The summed E-state index contributed by atoms with van der Waals surface area (Å²) in [6, 6.07) is 9.89. The van der Waals surface area contributed by atoms with Crippen LogP contribution in [0.3, 0.4) is 0 Å². The van der Waals surface area contributed by atoms with Crippen molar-refractivity contribution in [3.8, 4) is 5.75 Å². The van der Waals surface area contributed by atoms with Gasteiger partial charge in [-0.25, -0.2) is 0 Å². The molecule has 2 aromatic carbocycles. The summed E-state index contributed by atoms with van der Waals surface area (Å²) in [7, 11) is 0. The predicted octanol–water partition coefficient (Wildman–Crippen LogP) is 5.30. The number of hydrogen-bond acceptors (Lipinski definition) is 2. The number of fused-ring (bicyclic) bond motifs is 1. The number of benzene rings is 2. The maximum atomic E-state index is 6.20. The lowest BCUT2D eigenvalue weighted by Crippen LogP contribution is -2.01. The predicted molar refractivity (Wildman–Crippen MR) is 87.1 cm³/mol. The minimum absolute atomic E-state index is 0.605. The van der Waals surface area contributed by atoms with E-state index in [1.807, 2.05) is 18.2 Å². The molecular weight excluding hydrogens is 361 g/mol. The molecule has 0 aliphatic carbocycles. The Balaban J connectivity index is 1.77. The average molecular weight is 373 g/mol. The molecule has 0 unspecified atom stereocenters. The first-order valence-electron chi connectivity index (χ1n) is 6.26. The summed E-state index contributed by atoms with van der Waals surface area (Å²) in [6.07, 6.45) is 0.975. The Kier molecular flexibility index (Phi) is 4.11. The minimum atomic E-state index is 0.605. The van der Waals surface area contributed by atoms with Gasteiger partial charge in [0.25, 0.3) is 0 Å². The van der Waals surface area contributed by atoms with Gasteiger partial charge in [0.2, 0.25) is 0 Å². The SMILES string of the molecule is Clc1cc(Br)cc(Cl)c1NCc1ccc2c(c1)CCO2. The number of hydrogen-bond donors (Lipinski definition) is 1. The Hall–Kier alpha value is -0.900. The summed E-state index contributed by atoms with van der Waals surface area (Å²) in [4.78, 5) is 0. The standard InChI is InChI=1S/C15H12BrCl2NO/c16-11-6-12(17)15(13(18)7-11)19-8-9-1-2-14-10(5-9)3-4-20-14/h1-2,5-7,19H,3-4,8H2. The van der Waals surface area contributed by atoms with Crippen molar-refractivity contribution in [2.45, 2.75) is 13.0 Å². The van der Waals surface area contributed by atoms with E-state index in [1.54, 1.807) is 0 Å². The second kappa shape index (κ2) is 5.84. The van der Waals surface area contributed by atoms with Crippen LogP contribution in [0, 0.1) is 0 Å². The van der Waals surface area contributed by atoms with Gasteiger partial charge in [0.15, 0.2) is 0 Å². The van der Waals surface area contributed by atoms with Crippen LogP contribution in [0.25, 0.3) is 0 Å². The topological polar surface area (TPSA) is 21.3 Å². The van der Waals surface area contributed by atoms with Gasteiger partial charge in [-0.3, -0.25) is 0 Å². The molecule has 0 amide bonds. The number of ether oxygens (including phenoxy) is 1. The second-order valence-corrected chi connectivity index (χ2v) is 6.37. The Morgan fingerprint density at radius 1 is 1.15 bits per heavy atom. The zero-order valence-electron chi connectivity index (χ0n) is 10.6. The van der Waals surface area contributed by atoms with Gasteiger partial charge < -0.3 is 10.1 Å². The molecule has 2 aromatic rings. The van der Waals surface area contributed by atoms with E-state index < -0.39 is 0 Å². The molecule has 0 saturated heterocycles. The molecular formula is C15H12BrCl2NO. The molecule has 1 aliphatic rings. The highest BCUT2D eigenvalue weighted by molar-refractivity contribution is 9.10. The van der Waals surface area contributed by atoms with Crippen molar-refractivity contribution >= 4 is 44.8 Å². The number of nitrogens with one attached hydrogen (secondary N) is 1. The van der Waals surface area contributed by atoms with Crippen LogP contribution in [0.4, 0.5) is 5.69 Å². The lowest BCUT2D eigenvalue weighted by atomic mass is 10.1. The van der Waals surface area contributed by atoms with Gasteiger partial charge in [-0.15, -0.1) is 0 Å². The summed E-state index contributed by atoms with van der Waals surface area (Å²) >= 11 is 15.8. The fourth-order valence-electron chi connectivity index (χ4n) is 2.25. The molecule has 0 spiro atoms. The Morgan fingerprint density at radius 2 is 1.90 bits per heavy atom. The van der Waals surface area contributed by atoms with Gasteiger partial charge in [0, 0.05) is 17.4 Å². The van der Waals surface area contributed by atoms with E-state index in [2.05, 4.69) is 33.4 Å². The molecule has 104 valence electrons. The van der Waals surface area contributed by atoms with Gasteiger partial charge >= 0.3 is 0 Å². The normalized spacial score (nSPS) is 12.9. The minimum Gasteiger partial charge on any atom is -0.493 e. The number of rotatable bonds is 3. The molecule has 2 nitrogen and oxygen atoms in total. The summed E-state index contributed by atoms with van der Waals surface area (Å²) in [5.41, 5.74) is 3.20. The van der Waals surface area contributed by atoms with Crippen molar-refractivity contribution in [3.05, 3.63) is 56.0 Å². The lowest BCUT2D eigenvalue weighted by Gasteiger charge is -2.11. The van der Waals surface area contributed by atoms with Crippen LogP contribution in [-0.2, 0) is 13.0 Å². The fraction of sp³-hybridized carbons (Fsp3) is 0.200. The van der Waals surface area contributed by atoms with Crippen LogP contribution < -0.4 is 10.1 Å². The first-order valence-corrected chi connectivity index (χ1v) is 7.81. The van der Waals surface area contributed by atoms with Crippen LogP contribution >= 0.6 is 39.1 Å². The van der Waals surface area contributed by atoms with Crippen molar-refractivity contribution in [1.29, 1.82) is 0 Å². The van der Waals surface area contributed by atoms with E-state index in [-0.39, 0.29) is 0 Å². The zero-order chi connectivity index (χ0) is 14.1. The summed E-state index contributed by atoms with van der Waals surface area (Å²) in [5, 5.41) is 4.50. The quantitative estimate of drug-likeness (QED) is 0.788. The van der Waals surface area contributed by atoms with Crippen molar-refractivity contribution in [2.75, 3.05) is 11.9 Å². The third-order valence-corrected chi connectivity index (χ3v) is 4.28. The average Bonchev–Trinajstić information content (AvgIpc) is 2.84. The van der Waals surface area contributed by atoms with Gasteiger partial charge in [0.1, 0.15) is 5.75 Å². The highest BCUT2D eigenvalue weighted by Gasteiger charge is 2.12. The molecule has 0 bridgehead atoms. The summed E-state index contributed by atoms with van der Waals surface area (Å²) < 4.78 is 6.37. The monoisotopic (exact) mass is 371 g/mol. The fourth-order valence-corrected chi connectivity index (χ4v) is 3.59. The number of halogens is 3. The molecule has 1 heterocycles. The smallest absolute Gasteiger partial charge is 0.122 e. The lowest BCUT2D eigenvalue weighted by molar-refractivity contribution is 0.357. The molecule has 5 heteroatoms. The third-order valence-electron chi connectivity index (χ3n) is 3.23. The molecule has 0 fully saturated rings. The highest BCUT2D eigenvalue weighted by atomic mass is 79.9. The first kappa shape index (κ1) is 14.1. The van der Waals surface area contributed by atoms with Gasteiger partial charge in [0.05, 0.1) is 22.3 Å². The second-order valence-electron chi connectivity index (χ2n) is 4.64. The van der Waals surface area contributed by atoms with Crippen LogP contribution in [0.2, 0.25) is 10.0 Å². The highest BCUT2D eigenvalue weighted by Crippen LogP contribution is 2.34. The van der Waals surface area contributed by atoms with E-state index in [0.29, 0.717) is 16.6 Å².